The molecule has 0 radical (unpaired) electrons. The van der Waals surface area contributed by atoms with Gasteiger partial charge in [-0.1, -0.05) is 88.8 Å². The zero-order valence-electron chi connectivity index (χ0n) is 30.5. The van der Waals surface area contributed by atoms with Gasteiger partial charge in [0, 0.05) is 25.0 Å². The molecule has 2 fully saturated rings. The summed E-state index contributed by atoms with van der Waals surface area (Å²) in [5.74, 6) is 1.28. The number of halogens is 4. The lowest BCUT2D eigenvalue weighted by atomic mass is 9.76. The summed E-state index contributed by atoms with van der Waals surface area (Å²) in [4.78, 5) is 0. The molecule has 0 bridgehead atoms. The summed E-state index contributed by atoms with van der Waals surface area (Å²) in [5.41, 5.74) is 4.93. The molecule has 0 heterocycles. The van der Waals surface area contributed by atoms with Crippen molar-refractivity contribution in [2.75, 3.05) is 0 Å². The van der Waals surface area contributed by atoms with Gasteiger partial charge in [-0.25, -0.2) is 17.6 Å². The van der Waals surface area contributed by atoms with Crippen LogP contribution in [-0.4, -0.2) is 0 Å². The third-order valence-corrected chi connectivity index (χ3v) is 11.7. The molecule has 0 spiro atoms. The molecule has 272 valence electrons. The molecule has 0 saturated heterocycles. The number of hydrogen-bond acceptors (Lipinski definition) is 1. The summed E-state index contributed by atoms with van der Waals surface area (Å²) in [5, 5.41) is 0. The van der Waals surface area contributed by atoms with E-state index in [2.05, 4.69) is 38.1 Å². The molecule has 2 aliphatic rings. The molecule has 0 aromatic heterocycles. The molecule has 4 aromatic rings. The first-order valence-electron chi connectivity index (χ1n) is 19.6. The van der Waals surface area contributed by atoms with E-state index in [1.807, 2.05) is 12.1 Å². The van der Waals surface area contributed by atoms with Crippen LogP contribution in [-0.2, 0) is 12.8 Å². The molecule has 6 rings (SSSR count). The van der Waals surface area contributed by atoms with Crippen LogP contribution in [0.5, 0.6) is 11.5 Å². The Bertz CT molecular complexity index is 1600. The number of rotatable bonds is 14. The zero-order valence-corrected chi connectivity index (χ0v) is 30.5. The SMILES string of the molecule is CCCCC1CCC(c2ccc(Oc3ccc(C4CCC(CCCC)CC4)cc3Cc3ccc(F)cc3F)c(Cc3ccc(F)cc3F)c2)CC1. The lowest BCUT2D eigenvalue weighted by Gasteiger charge is -2.30. The Morgan fingerprint density at radius 3 is 1.27 bits per heavy atom. The quantitative estimate of drug-likeness (QED) is 0.119. The minimum absolute atomic E-state index is 0.252. The van der Waals surface area contributed by atoms with Crippen LogP contribution in [0.15, 0.2) is 72.8 Å². The van der Waals surface area contributed by atoms with E-state index >= 15 is 8.78 Å². The van der Waals surface area contributed by atoms with E-state index in [4.69, 9.17) is 4.74 Å². The predicted octanol–water partition coefficient (Wildman–Crippen LogP) is 14.1. The second kappa shape index (κ2) is 17.8. The highest BCUT2D eigenvalue weighted by molar-refractivity contribution is 5.48. The second-order valence-electron chi connectivity index (χ2n) is 15.4. The molecule has 51 heavy (non-hydrogen) atoms. The Hall–Kier alpha value is -3.60. The summed E-state index contributed by atoms with van der Waals surface area (Å²) in [6, 6.07) is 20.0. The van der Waals surface area contributed by atoms with Crippen LogP contribution < -0.4 is 4.74 Å². The Kier molecular flexibility index (Phi) is 12.9. The summed E-state index contributed by atoms with van der Waals surface area (Å²) < 4.78 is 64.5. The second-order valence-corrected chi connectivity index (χ2v) is 15.4. The van der Waals surface area contributed by atoms with Gasteiger partial charge in [-0.2, -0.15) is 0 Å². The van der Waals surface area contributed by atoms with Gasteiger partial charge >= 0.3 is 0 Å². The fourth-order valence-corrected chi connectivity index (χ4v) is 8.60. The Morgan fingerprint density at radius 1 is 0.490 bits per heavy atom. The molecule has 0 N–H and O–H groups in total. The van der Waals surface area contributed by atoms with E-state index in [1.54, 1.807) is 0 Å². The number of ether oxygens (including phenoxy) is 1. The largest absolute Gasteiger partial charge is 0.457 e. The van der Waals surface area contributed by atoms with Crippen molar-refractivity contribution < 1.29 is 22.3 Å². The molecule has 1 nitrogen and oxygen atoms in total. The van der Waals surface area contributed by atoms with Crippen molar-refractivity contribution in [2.45, 2.75) is 128 Å². The van der Waals surface area contributed by atoms with Gasteiger partial charge in [0.05, 0.1) is 0 Å². The number of benzene rings is 4. The highest BCUT2D eigenvalue weighted by atomic mass is 19.1. The van der Waals surface area contributed by atoms with Gasteiger partial charge in [-0.3, -0.25) is 0 Å². The fraction of sp³-hybridized carbons (Fsp3) is 0.478. The van der Waals surface area contributed by atoms with Gasteiger partial charge in [0.2, 0.25) is 0 Å². The maximum Gasteiger partial charge on any atom is 0.130 e. The van der Waals surface area contributed by atoms with Crippen molar-refractivity contribution in [2.24, 2.45) is 11.8 Å². The van der Waals surface area contributed by atoms with Crippen LogP contribution in [0.1, 0.15) is 149 Å². The highest BCUT2D eigenvalue weighted by Gasteiger charge is 2.25. The van der Waals surface area contributed by atoms with E-state index in [1.165, 1.54) is 99.6 Å². The first-order valence-corrected chi connectivity index (χ1v) is 19.6. The summed E-state index contributed by atoms with van der Waals surface area (Å²) in [6.45, 7) is 4.50. The van der Waals surface area contributed by atoms with Crippen LogP contribution in [0.3, 0.4) is 0 Å². The van der Waals surface area contributed by atoms with Gasteiger partial charge < -0.3 is 4.74 Å². The van der Waals surface area contributed by atoms with Crippen molar-refractivity contribution in [3.8, 4) is 11.5 Å². The lowest BCUT2D eigenvalue weighted by molar-refractivity contribution is 0.304. The van der Waals surface area contributed by atoms with E-state index in [9.17, 15) is 8.78 Å². The third kappa shape index (κ3) is 9.84. The third-order valence-electron chi connectivity index (χ3n) is 11.7. The molecule has 5 heteroatoms. The Labute approximate surface area is 302 Å². The monoisotopic (exact) mass is 698 g/mol. The molecule has 0 amide bonds. The smallest absolute Gasteiger partial charge is 0.130 e. The average Bonchev–Trinajstić information content (AvgIpc) is 3.14. The Morgan fingerprint density at radius 2 is 0.902 bits per heavy atom. The maximum atomic E-state index is 15.0. The fourth-order valence-electron chi connectivity index (χ4n) is 8.60. The molecule has 0 aliphatic heterocycles. The molecular formula is C46H54F4O. The van der Waals surface area contributed by atoms with Crippen LogP contribution in [0.2, 0.25) is 0 Å². The maximum absolute atomic E-state index is 15.0. The van der Waals surface area contributed by atoms with E-state index < -0.39 is 23.3 Å². The van der Waals surface area contributed by atoms with Crippen molar-refractivity contribution in [1.82, 2.24) is 0 Å². The molecule has 0 unspecified atom stereocenters. The minimum atomic E-state index is -0.603. The highest BCUT2D eigenvalue weighted by Crippen LogP contribution is 2.42. The standard InChI is InChI=1S/C46H54F4O/c1-3-5-7-31-9-13-33(14-10-31)35-19-23-45(39(25-35)27-37-17-21-41(47)29-43(37)49)51-46-24-20-36(34-15-11-32(12-16-34)8-6-4-2)26-40(46)28-38-18-22-42(48)30-44(38)50/h17-26,29-34H,3-16,27-28H2,1-2H3. The topological polar surface area (TPSA) is 9.23 Å². The molecule has 0 atom stereocenters. The number of unbranched alkanes of at least 4 members (excludes halogenated alkanes) is 2. The van der Waals surface area contributed by atoms with Crippen molar-refractivity contribution in [3.63, 3.8) is 0 Å². The summed E-state index contributed by atoms with van der Waals surface area (Å²) >= 11 is 0. The van der Waals surface area contributed by atoms with Crippen molar-refractivity contribution in [1.29, 1.82) is 0 Å². The molecule has 4 aromatic carbocycles. The van der Waals surface area contributed by atoms with Gasteiger partial charge in [0.15, 0.2) is 0 Å². The molecular weight excluding hydrogens is 644 g/mol. The molecule has 2 saturated carbocycles. The van der Waals surface area contributed by atoms with Crippen molar-refractivity contribution >= 4 is 0 Å². The van der Waals surface area contributed by atoms with Crippen LogP contribution in [0.25, 0.3) is 0 Å². The van der Waals surface area contributed by atoms with E-state index in [0.717, 1.165) is 60.8 Å². The van der Waals surface area contributed by atoms with Crippen LogP contribution in [0, 0.1) is 35.1 Å². The first-order chi connectivity index (χ1) is 24.8. The summed E-state index contributed by atoms with van der Waals surface area (Å²) in [6.07, 6.45) is 17.6. The van der Waals surface area contributed by atoms with Gasteiger partial charge in [0.25, 0.3) is 0 Å². The zero-order chi connectivity index (χ0) is 35.7. The van der Waals surface area contributed by atoms with E-state index in [0.29, 0.717) is 34.5 Å². The lowest BCUT2D eigenvalue weighted by Crippen LogP contribution is -2.14. The Balaban J connectivity index is 1.30. The molecule has 2 aliphatic carbocycles. The first kappa shape index (κ1) is 37.2. The van der Waals surface area contributed by atoms with Crippen LogP contribution >= 0.6 is 0 Å². The minimum Gasteiger partial charge on any atom is -0.457 e. The van der Waals surface area contributed by atoms with Crippen LogP contribution in [0.4, 0.5) is 17.6 Å². The van der Waals surface area contributed by atoms with E-state index in [-0.39, 0.29) is 12.8 Å². The number of hydrogen-bond donors (Lipinski definition) is 0. The normalized spacial score (nSPS) is 20.7. The van der Waals surface area contributed by atoms with Gasteiger partial charge in [-0.15, -0.1) is 0 Å². The van der Waals surface area contributed by atoms with Gasteiger partial charge in [0.1, 0.15) is 34.8 Å². The average molecular weight is 699 g/mol. The van der Waals surface area contributed by atoms with Crippen molar-refractivity contribution in [3.05, 3.63) is 129 Å². The summed E-state index contributed by atoms with van der Waals surface area (Å²) in [7, 11) is 0. The predicted molar refractivity (Wildman–Crippen MR) is 200 cm³/mol. The van der Waals surface area contributed by atoms with Gasteiger partial charge in [-0.05, 0) is 133 Å².